The summed E-state index contributed by atoms with van der Waals surface area (Å²) in [5.41, 5.74) is 0.497. The normalized spacial score (nSPS) is 21.7. The lowest BCUT2D eigenvalue weighted by Crippen LogP contribution is -2.16. The molecule has 0 bridgehead atoms. The number of carbonyl (C=O) groups is 1. The van der Waals surface area contributed by atoms with Gasteiger partial charge in [0.1, 0.15) is 12.4 Å². The van der Waals surface area contributed by atoms with Crippen LogP contribution in [0.15, 0.2) is 23.0 Å². The fourth-order valence-electron chi connectivity index (χ4n) is 1.21. The first-order chi connectivity index (χ1) is 6.36. The van der Waals surface area contributed by atoms with Crippen LogP contribution < -0.4 is 0 Å². The Morgan fingerprint density at radius 2 is 2.62 bits per heavy atom. The van der Waals surface area contributed by atoms with Crippen LogP contribution in [-0.2, 0) is 4.74 Å². The Balaban J connectivity index is 1.91. The topological polar surface area (TPSA) is 39.4 Å². The van der Waals surface area contributed by atoms with E-state index in [9.17, 15) is 4.79 Å². The molecule has 0 spiro atoms. The van der Waals surface area contributed by atoms with Crippen LogP contribution in [0.4, 0.5) is 0 Å². The van der Waals surface area contributed by atoms with Crippen LogP contribution in [0.1, 0.15) is 16.8 Å². The van der Waals surface area contributed by atoms with Crippen LogP contribution in [0, 0.1) is 0 Å². The van der Waals surface area contributed by atoms with Gasteiger partial charge in [-0.2, -0.15) is 11.8 Å². The Bertz CT molecular complexity index is 275. The molecule has 1 fully saturated rings. The second-order valence-electron chi connectivity index (χ2n) is 2.90. The lowest BCUT2D eigenvalue weighted by molar-refractivity contribution is 0.0356. The summed E-state index contributed by atoms with van der Waals surface area (Å²) < 4.78 is 10.0. The number of carbonyl (C=O) groups excluding carboxylic acids is 1. The van der Waals surface area contributed by atoms with Gasteiger partial charge in [-0.05, 0) is 18.2 Å². The largest absolute Gasteiger partial charge is 0.472 e. The zero-order valence-corrected chi connectivity index (χ0v) is 7.88. The van der Waals surface area contributed by atoms with Crippen molar-refractivity contribution >= 4 is 17.7 Å². The molecule has 0 radical (unpaired) electrons. The standard InChI is InChI=1S/C9H10O3S/c10-9(7-1-3-11-5-7)12-8-2-4-13-6-8/h1,3,5,8H,2,4,6H2. The van der Waals surface area contributed by atoms with Gasteiger partial charge in [0.25, 0.3) is 0 Å². The molecule has 0 aliphatic carbocycles. The van der Waals surface area contributed by atoms with Crippen molar-refractivity contribution in [1.82, 2.24) is 0 Å². The maximum Gasteiger partial charge on any atom is 0.341 e. The van der Waals surface area contributed by atoms with Gasteiger partial charge in [-0.3, -0.25) is 0 Å². The van der Waals surface area contributed by atoms with Gasteiger partial charge in [0.15, 0.2) is 0 Å². The molecule has 1 aromatic heterocycles. The molecule has 1 aliphatic rings. The molecule has 3 nitrogen and oxygen atoms in total. The Morgan fingerprint density at radius 3 is 3.23 bits per heavy atom. The molecule has 0 amide bonds. The molecule has 2 rings (SSSR count). The third-order valence-corrected chi connectivity index (χ3v) is 3.05. The van der Waals surface area contributed by atoms with Crippen molar-refractivity contribution in [3.8, 4) is 0 Å². The molecule has 0 N–H and O–H groups in total. The second-order valence-corrected chi connectivity index (χ2v) is 4.05. The van der Waals surface area contributed by atoms with Crippen LogP contribution in [0.2, 0.25) is 0 Å². The zero-order valence-electron chi connectivity index (χ0n) is 7.06. The summed E-state index contributed by atoms with van der Waals surface area (Å²) in [5.74, 6) is 1.73. The van der Waals surface area contributed by atoms with Crippen molar-refractivity contribution in [2.75, 3.05) is 11.5 Å². The number of esters is 1. The number of ether oxygens (including phenoxy) is 1. The van der Waals surface area contributed by atoms with Crippen LogP contribution >= 0.6 is 11.8 Å². The first-order valence-corrected chi connectivity index (χ1v) is 5.32. The van der Waals surface area contributed by atoms with Gasteiger partial charge in [-0.15, -0.1) is 0 Å². The quantitative estimate of drug-likeness (QED) is 0.681. The molecular formula is C9H10O3S. The number of hydrogen-bond acceptors (Lipinski definition) is 4. The first kappa shape index (κ1) is 8.69. The summed E-state index contributed by atoms with van der Waals surface area (Å²) in [6, 6.07) is 1.62. The van der Waals surface area contributed by atoms with Gasteiger partial charge < -0.3 is 9.15 Å². The second kappa shape index (κ2) is 3.87. The van der Waals surface area contributed by atoms with Crippen molar-refractivity contribution in [3.05, 3.63) is 24.2 Å². The Kier molecular flexibility index (Phi) is 2.59. The molecule has 2 heterocycles. The fraction of sp³-hybridized carbons (Fsp3) is 0.444. The van der Waals surface area contributed by atoms with Crippen molar-refractivity contribution in [1.29, 1.82) is 0 Å². The molecule has 1 atom stereocenters. The maximum atomic E-state index is 11.4. The van der Waals surface area contributed by atoms with Crippen LogP contribution in [0.3, 0.4) is 0 Å². The average molecular weight is 198 g/mol. The highest BCUT2D eigenvalue weighted by Gasteiger charge is 2.20. The Morgan fingerprint density at radius 1 is 1.69 bits per heavy atom. The zero-order chi connectivity index (χ0) is 9.10. The SMILES string of the molecule is O=C(OC1CCSC1)c1ccoc1. The summed E-state index contributed by atoms with van der Waals surface area (Å²) in [7, 11) is 0. The summed E-state index contributed by atoms with van der Waals surface area (Å²) in [6.07, 6.45) is 3.94. The monoisotopic (exact) mass is 198 g/mol. The molecule has 0 aromatic carbocycles. The molecule has 70 valence electrons. The highest BCUT2D eigenvalue weighted by atomic mass is 32.2. The minimum absolute atomic E-state index is 0.0902. The molecule has 1 aliphatic heterocycles. The third kappa shape index (κ3) is 2.06. The van der Waals surface area contributed by atoms with Gasteiger partial charge in [0.05, 0.1) is 11.8 Å². The molecule has 1 aromatic rings. The molecular weight excluding hydrogens is 188 g/mol. The van der Waals surface area contributed by atoms with Gasteiger partial charge in [-0.1, -0.05) is 0 Å². The summed E-state index contributed by atoms with van der Waals surface area (Å²) in [4.78, 5) is 11.4. The number of rotatable bonds is 2. The molecule has 13 heavy (non-hydrogen) atoms. The summed E-state index contributed by atoms with van der Waals surface area (Å²) >= 11 is 1.82. The third-order valence-electron chi connectivity index (χ3n) is 1.92. The Hall–Kier alpha value is -0.900. The predicted molar refractivity (Wildman–Crippen MR) is 49.9 cm³/mol. The van der Waals surface area contributed by atoms with Crippen molar-refractivity contribution in [3.63, 3.8) is 0 Å². The predicted octanol–water partition coefficient (Wildman–Crippen LogP) is 1.94. The van der Waals surface area contributed by atoms with Gasteiger partial charge in [-0.25, -0.2) is 4.79 Å². The molecule has 1 saturated heterocycles. The minimum atomic E-state index is -0.277. The molecule has 4 heteroatoms. The van der Waals surface area contributed by atoms with Gasteiger partial charge in [0, 0.05) is 5.75 Å². The van der Waals surface area contributed by atoms with Crippen molar-refractivity contribution in [2.24, 2.45) is 0 Å². The van der Waals surface area contributed by atoms with Crippen LogP contribution in [-0.4, -0.2) is 23.6 Å². The van der Waals surface area contributed by atoms with E-state index in [1.54, 1.807) is 6.07 Å². The minimum Gasteiger partial charge on any atom is -0.472 e. The summed E-state index contributed by atoms with van der Waals surface area (Å²) in [6.45, 7) is 0. The molecule has 0 saturated carbocycles. The van der Waals surface area contributed by atoms with E-state index >= 15 is 0 Å². The van der Waals surface area contributed by atoms with E-state index in [2.05, 4.69) is 0 Å². The lowest BCUT2D eigenvalue weighted by Gasteiger charge is -2.08. The maximum absolute atomic E-state index is 11.4. The van der Waals surface area contributed by atoms with E-state index in [4.69, 9.17) is 9.15 Å². The van der Waals surface area contributed by atoms with E-state index in [0.29, 0.717) is 5.56 Å². The summed E-state index contributed by atoms with van der Waals surface area (Å²) in [5, 5.41) is 0. The van der Waals surface area contributed by atoms with E-state index in [-0.39, 0.29) is 12.1 Å². The van der Waals surface area contributed by atoms with Crippen molar-refractivity contribution in [2.45, 2.75) is 12.5 Å². The van der Waals surface area contributed by atoms with Crippen LogP contribution in [0.5, 0.6) is 0 Å². The highest BCUT2D eigenvalue weighted by Crippen LogP contribution is 2.21. The lowest BCUT2D eigenvalue weighted by atomic mass is 10.3. The molecule has 1 unspecified atom stereocenters. The van der Waals surface area contributed by atoms with E-state index in [1.807, 2.05) is 11.8 Å². The van der Waals surface area contributed by atoms with Gasteiger partial charge in [0.2, 0.25) is 0 Å². The first-order valence-electron chi connectivity index (χ1n) is 4.17. The fourth-order valence-corrected chi connectivity index (χ4v) is 2.30. The van der Waals surface area contributed by atoms with Gasteiger partial charge >= 0.3 is 5.97 Å². The number of furan rings is 1. The number of thioether (sulfide) groups is 1. The van der Waals surface area contributed by atoms with Crippen molar-refractivity contribution < 1.29 is 13.9 Å². The van der Waals surface area contributed by atoms with Crippen LogP contribution in [0.25, 0.3) is 0 Å². The smallest absolute Gasteiger partial charge is 0.341 e. The average Bonchev–Trinajstić information content (AvgIpc) is 2.74. The van der Waals surface area contributed by atoms with E-state index in [0.717, 1.165) is 17.9 Å². The Labute approximate surface area is 80.4 Å². The van der Waals surface area contributed by atoms with E-state index < -0.39 is 0 Å². The number of hydrogen-bond donors (Lipinski definition) is 0. The van der Waals surface area contributed by atoms with E-state index in [1.165, 1.54) is 12.5 Å². The highest BCUT2D eigenvalue weighted by molar-refractivity contribution is 7.99.